The molecule has 0 saturated heterocycles. The molecule has 0 aliphatic carbocycles. The van der Waals surface area contributed by atoms with Crippen LogP contribution in [0, 0.1) is 0 Å². The van der Waals surface area contributed by atoms with E-state index in [9.17, 15) is 4.79 Å². The SMILES string of the molecule is O=C(O)[C@H](C[SeH])NC=[Se]. The molecule has 0 aromatic carbocycles. The molecule has 0 fully saturated rings. The second kappa shape index (κ2) is 5.00. The van der Waals surface area contributed by atoms with Gasteiger partial charge in [0.15, 0.2) is 0 Å². The summed E-state index contributed by atoms with van der Waals surface area (Å²) in [6, 6.07) is -0.480. The molecule has 0 aromatic rings. The van der Waals surface area contributed by atoms with Crippen molar-refractivity contribution >= 4 is 42.6 Å². The summed E-state index contributed by atoms with van der Waals surface area (Å²) in [5.74, 6) is -0.831. The summed E-state index contributed by atoms with van der Waals surface area (Å²) in [5, 5.41) is 13.1. The number of nitrogens with one attached hydrogen (secondary N) is 1. The maximum atomic E-state index is 10.2. The molecule has 52 valence electrons. The van der Waals surface area contributed by atoms with Gasteiger partial charge in [-0.1, -0.05) is 0 Å². The van der Waals surface area contributed by atoms with Crippen LogP contribution in [0.4, 0.5) is 0 Å². The van der Waals surface area contributed by atoms with Gasteiger partial charge in [0.25, 0.3) is 0 Å². The van der Waals surface area contributed by atoms with Gasteiger partial charge in [-0.15, -0.1) is 0 Å². The Hall–Kier alpha value is 0.179. The van der Waals surface area contributed by atoms with E-state index in [1.807, 2.05) is 0 Å². The number of carboxylic acids is 1. The molecule has 0 radical (unpaired) electrons. The standard InChI is InChI=1S/C4H7NO2Se2/c6-4(7)3(1-8)5-2-9/h2-3,8H,1H2,(H,5,9)(H,6,7)/t3-/m0/s1. The predicted molar refractivity (Wildman–Crippen MR) is 38.3 cm³/mol. The first-order valence-electron chi connectivity index (χ1n) is 2.25. The third-order valence-corrected chi connectivity index (χ3v) is 1.80. The summed E-state index contributed by atoms with van der Waals surface area (Å²) < 4.78 is 0. The molecule has 0 spiro atoms. The van der Waals surface area contributed by atoms with Crippen LogP contribution in [-0.4, -0.2) is 53.8 Å². The average Bonchev–Trinajstić information content (AvgIpc) is 1.82. The molecule has 0 heterocycles. The number of carbonyl (C=O) groups is 1. The van der Waals surface area contributed by atoms with Crippen molar-refractivity contribution in [3.05, 3.63) is 0 Å². The molecule has 0 unspecified atom stereocenters. The van der Waals surface area contributed by atoms with Crippen molar-refractivity contribution in [2.45, 2.75) is 11.4 Å². The van der Waals surface area contributed by atoms with E-state index in [-0.39, 0.29) is 0 Å². The van der Waals surface area contributed by atoms with Gasteiger partial charge in [0.2, 0.25) is 0 Å². The normalized spacial score (nSPS) is 12.1. The molecule has 0 amide bonds. The fourth-order valence-electron chi connectivity index (χ4n) is 0.284. The third-order valence-electron chi connectivity index (χ3n) is 0.750. The fraction of sp³-hybridized carbons (Fsp3) is 0.500. The van der Waals surface area contributed by atoms with Gasteiger partial charge in [-0.25, -0.2) is 0 Å². The number of carboxylic acid groups (broad SMARTS) is 1. The van der Waals surface area contributed by atoms with Gasteiger partial charge in [-0.05, 0) is 0 Å². The van der Waals surface area contributed by atoms with Crippen LogP contribution in [0.5, 0.6) is 0 Å². The van der Waals surface area contributed by atoms with Gasteiger partial charge in [0.05, 0.1) is 0 Å². The Morgan fingerprint density at radius 3 is 2.67 bits per heavy atom. The fourth-order valence-corrected chi connectivity index (χ4v) is 1.18. The van der Waals surface area contributed by atoms with Crippen molar-refractivity contribution in [3.8, 4) is 0 Å². The Morgan fingerprint density at radius 2 is 2.56 bits per heavy atom. The number of hydrogen-bond donors (Lipinski definition) is 2. The van der Waals surface area contributed by atoms with Crippen molar-refractivity contribution in [1.29, 1.82) is 0 Å². The Bertz CT molecular complexity index is 117. The molecule has 0 aliphatic rings. The van der Waals surface area contributed by atoms with Gasteiger partial charge in [-0.2, -0.15) is 0 Å². The molecular weight excluding hydrogens is 252 g/mol. The second-order valence-electron chi connectivity index (χ2n) is 1.36. The van der Waals surface area contributed by atoms with Gasteiger partial charge in [0, 0.05) is 0 Å². The molecule has 3 nitrogen and oxygen atoms in total. The van der Waals surface area contributed by atoms with Crippen LogP contribution >= 0.6 is 0 Å². The first kappa shape index (κ1) is 9.18. The summed E-state index contributed by atoms with van der Waals surface area (Å²) in [7, 11) is 0. The zero-order valence-corrected chi connectivity index (χ0v) is 8.16. The zero-order chi connectivity index (χ0) is 7.28. The summed E-state index contributed by atoms with van der Waals surface area (Å²) in [4.78, 5) is 10.2. The Balaban J connectivity index is 3.67. The van der Waals surface area contributed by atoms with E-state index in [2.05, 4.69) is 36.9 Å². The summed E-state index contributed by atoms with van der Waals surface area (Å²) in [5.41, 5.74) is 0. The van der Waals surface area contributed by atoms with Crippen LogP contribution < -0.4 is 5.32 Å². The molecular formula is C4H7NO2Se2. The first-order valence-corrected chi connectivity index (χ1v) is 4.57. The number of hydrogen-bond acceptors (Lipinski definition) is 2. The molecule has 0 rings (SSSR count). The van der Waals surface area contributed by atoms with E-state index in [1.54, 1.807) is 0 Å². The summed E-state index contributed by atoms with van der Waals surface area (Å²) in [6.45, 7) is 0. The van der Waals surface area contributed by atoms with Crippen LogP contribution in [0.1, 0.15) is 0 Å². The van der Waals surface area contributed by atoms with Crippen LogP contribution in [0.25, 0.3) is 0 Å². The maximum absolute atomic E-state index is 10.2. The van der Waals surface area contributed by atoms with Crippen LogP contribution in [0.3, 0.4) is 0 Å². The number of aliphatic carboxylic acids is 1. The Morgan fingerprint density at radius 1 is 2.00 bits per heavy atom. The van der Waals surface area contributed by atoms with Crippen molar-refractivity contribution < 1.29 is 9.90 Å². The summed E-state index contributed by atoms with van der Waals surface area (Å²) in [6.07, 6.45) is 0. The topological polar surface area (TPSA) is 49.3 Å². The molecule has 5 heteroatoms. The van der Waals surface area contributed by atoms with Crippen molar-refractivity contribution in [3.63, 3.8) is 0 Å². The van der Waals surface area contributed by atoms with E-state index in [0.29, 0.717) is 5.32 Å². The van der Waals surface area contributed by atoms with Crippen molar-refractivity contribution in [2.75, 3.05) is 0 Å². The minimum atomic E-state index is -0.831. The quantitative estimate of drug-likeness (QED) is 0.590. The van der Waals surface area contributed by atoms with E-state index in [1.165, 1.54) is 5.04 Å². The second-order valence-corrected chi connectivity index (χ2v) is 2.62. The van der Waals surface area contributed by atoms with Crippen LogP contribution in [0.2, 0.25) is 5.32 Å². The van der Waals surface area contributed by atoms with Gasteiger partial charge >= 0.3 is 69.2 Å². The summed E-state index contributed by atoms with van der Waals surface area (Å²) >= 11 is 4.78. The zero-order valence-electron chi connectivity index (χ0n) is 4.57. The van der Waals surface area contributed by atoms with E-state index in [0.717, 1.165) is 0 Å². The average molecular weight is 259 g/mol. The number of rotatable bonds is 4. The van der Waals surface area contributed by atoms with Crippen LogP contribution in [-0.2, 0) is 4.79 Å². The van der Waals surface area contributed by atoms with Crippen LogP contribution in [0.15, 0.2) is 0 Å². The van der Waals surface area contributed by atoms with Gasteiger partial charge in [-0.3, -0.25) is 0 Å². The molecule has 0 saturated carbocycles. The third kappa shape index (κ3) is 3.71. The molecule has 0 aromatic heterocycles. The molecule has 2 N–H and O–H groups in total. The Labute approximate surface area is 69.4 Å². The van der Waals surface area contributed by atoms with E-state index in [4.69, 9.17) is 5.11 Å². The molecule has 9 heavy (non-hydrogen) atoms. The van der Waals surface area contributed by atoms with E-state index >= 15 is 0 Å². The monoisotopic (exact) mass is 261 g/mol. The van der Waals surface area contributed by atoms with Crippen molar-refractivity contribution in [1.82, 2.24) is 5.32 Å². The molecule has 0 aliphatic heterocycles. The Kier molecular flexibility index (Phi) is 5.10. The predicted octanol–water partition coefficient (Wildman–Crippen LogP) is -1.72. The molecule has 1 atom stereocenters. The molecule has 0 bridgehead atoms. The van der Waals surface area contributed by atoms with Gasteiger partial charge < -0.3 is 0 Å². The minimum absolute atomic E-state index is 0.480. The first-order chi connectivity index (χ1) is 4.22. The van der Waals surface area contributed by atoms with E-state index < -0.39 is 12.0 Å². The van der Waals surface area contributed by atoms with Crippen molar-refractivity contribution in [2.24, 2.45) is 0 Å². The van der Waals surface area contributed by atoms with Gasteiger partial charge in [0.1, 0.15) is 0 Å².